The maximum Gasteiger partial charge on any atom is 0.233 e. The summed E-state index contributed by atoms with van der Waals surface area (Å²) in [5.41, 5.74) is 0.323. The number of allylic oxidation sites excluding steroid dienone is 2. The molecule has 2 bridgehead atoms. The van der Waals surface area contributed by atoms with Crippen molar-refractivity contribution in [3.05, 3.63) is 12.2 Å². The monoisotopic (exact) mass is 231 g/mol. The van der Waals surface area contributed by atoms with Crippen LogP contribution in [0.5, 0.6) is 0 Å². The number of hydrogen-bond donors (Lipinski definition) is 0. The minimum atomic E-state index is -0.0256. The van der Waals surface area contributed by atoms with Crippen LogP contribution in [-0.2, 0) is 9.59 Å². The summed E-state index contributed by atoms with van der Waals surface area (Å²) in [6.45, 7) is 3.86. The summed E-state index contributed by atoms with van der Waals surface area (Å²) in [7, 11) is 0. The molecule has 3 heteroatoms. The third-order valence-electron chi connectivity index (χ3n) is 5.40. The highest BCUT2D eigenvalue weighted by molar-refractivity contribution is 6.07. The average molecular weight is 231 g/mol. The largest absolute Gasteiger partial charge is 0.280 e. The Balaban J connectivity index is 1.79. The highest BCUT2D eigenvalue weighted by Gasteiger charge is 2.73. The molecule has 1 heterocycles. The molecule has 3 aliphatic carbocycles. The first-order chi connectivity index (χ1) is 8.08. The molecule has 0 aromatic rings. The molecule has 0 aromatic heterocycles. The van der Waals surface area contributed by atoms with Gasteiger partial charge in [-0.3, -0.25) is 14.5 Å². The standard InChI is InChI=1S/C14H17NO2/c1-7(2)15-12(16)10-8-3-4-9(11(10)13(15)17)14(8)5-6-14/h3-4,7-11H,5-6H2,1-2H3/t8-,9-,10+,11+/m1/s1. The fraction of sp³-hybridized carbons (Fsp3) is 0.714. The van der Waals surface area contributed by atoms with Gasteiger partial charge in [-0.2, -0.15) is 0 Å². The molecule has 4 rings (SSSR count). The quantitative estimate of drug-likeness (QED) is 0.507. The molecule has 1 aliphatic heterocycles. The van der Waals surface area contributed by atoms with Gasteiger partial charge < -0.3 is 0 Å². The van der Waals surface area contributed by atoms with E-state index in [4.69, 9.17) is 0 Å². The Morgan fingerprint density at radius 2 is 1.59 bits per heavy atom. The number of rotatable bonds is 1. The Morgan fingerprint density at radius 3 is 1.94 bits per heavy atom. The maximum atomic E-state index is 12.4. The van der Waals surface area contributed by atoms with E-state index in [1.807, 2.05) is 13.8 Å². The van der Waals surface area contributed by atoms with Crippen molar-refractivity contribution in [3.63, 3.8) is 0 Å². The first kappa shape index (κ1) is 9.86. The lowest BCUT2D eigenvalue weighted by Gasteiger charge is -2.24. The SMILES string of the molecule is CC(C)N1C(=O)[C@@H]2[C@@H](C1=O)[C@H]1C=C[C@H]2C12CC2. The average Bonchev–Trinajstić information content (AvgIpc) is 2.85. The zero-order chi connectivity index (χ0) is 11.9. The van der Waals surface area contributed by atoms with E-state index >= 15 is 0 Å². The Morgan fingerprint density at radius 1 is 1.12 bits per heavy atom. The van der Waals surface area contributed by atoms with Crippen molar-refractivity contribution in [2.75, 3.05) is 0 Å². The predicted octanol–water partition coefficient (Wildman–Crippen LogP) is 1.59. The number of imide groups is 1. The molecular weight excluding hydrogens is 214 g/mol. The van der Waals surface area contributed by atoms with Gasteiger partial charge in [0.2, 0.25) is 11.8 Å². The maximum absolute atomic E-state index is 12.4. The smallest absolute Gasteiger partial charge is 0.233 e. The molecule has 1 saturated heterocycles. The second kappa shape index (κ2) is 2.65. The number of amides is 2. The molecule has 3 fully saturated rings. The molecule has 1 spiro atoms. The van der Waals surface area contributed by atoms with E-state index in [1.54, 1.807) is 0 Å². The Hall–Kier alpha value is -1.12. The third kappa shape index (κ3) is 0.883. The lowest BCUT2D eigenvalue weighted by Crippen LogP contribution is -2.39. The predicted molar refractivity (Wildman–Crippen MR) is 61.8 cm³/mol. The van der Waals surface area contributed by atoms with Crippen molar-refractivity contribution in [1.82, 2.24) is 4.90 Å². The van der Waals surface area contributed by atoms with E-state index < -0.39 is 0 Å². The molecule has 4 aliphatic rings. The van der Waals surface area contributed by atoms with Gasteiger partial charge in [-0.25, -0.2) is 0 Å². The van der Waals surface area contributed by atoms with Gasteiger partial charge in [-0.15, -0.1) is 0 Å². The summed E-state index contributed by atoms with van der Waals surface area (Å²) >= 11 is 0. The third-order valence-corrected chi connectivity index (χ3v) is 5.40. The van der Waals surface area contributed by atoms with Crippen molar-refractivity contribution in [3.8, 4) is 0 Å². The molecule has 4 atom stereocenters. The summed E-state index contributed by atoms with van der Waals surface area (Å²) in [6.07, 6.45) is 6.86. The van der Waals surface area contributed by atoms with Gasteiger partial charge in [0.1, 0.15) is 0 Å². The van der Waals surface area contributed by atoms with E-state index in [0.717, 1.165) is 0 Å². The fourth-order valence-corrected chi connectivity index (χ4v) is 4.61. The molecule has 0 radical (unpaired) electrons. The van der Waals surface area contributed by atoms with Crippen LogP contribution in [0.3, 0.4) is 0 Å². The van der Waals surface area contributed by atoms with E-state index in [2.05, 4.69) is 12.2 Å². The van der Waals surface area contributed by atoms with Gasteiger partial charge in [0, 0.05) is 6.04 Å². The van der Waals surface area contributed by atoms with Crippen LogP contribution in [0.15, 0.2) is 12.2 Å². The normalized spacial score (nSPS) is 44.3. The molecule has 0 N–H and O–H groups in total. The van der Waals surface area contributed by atoms with Crippen molar-refractivity contribution in [2.24, 2.45) is 29.1 Å². The number of carbonyl (C=O) groups is 2. The Kier molecular flexibility index (Phi) is 1.54. The molecule has 17 heavy (non-hydrogen) atoms. The van der Waals surface area contributed by atoms with Gasteiger partial charge in [0.15, 0.2) is 0 Å². The molecule has 2 saturated carbocycles. The summed E-state index contributed by atoms with van der Waals surface area (Å²) in [5.74, 6) is 0.858. The van der Waals surface area contributed by atoms with Gasteiger partial charge in [-0.05, 0) is 43.9 Å². The highest BCUT2D eigenvalue weighted by atomic mass is 16.2. The molecular formula is C14H17NO2. The zero-order valence-electron chi connectivity index (χ0n) is 10.2. The zero-order valence-corrected chi connectivity index (χ0v) is 10.2. The van der Waals surface area contributed by atoms with Gasteiger partial charge in [0.05, 0.1) is 11.8 Å². The van der Waals surface area contributed by atoms with Crippen LogP contribution < -0.4 is 0 Å². The van der Waals surface area contributed by atoms with E-state index in [1.165, 1.54) is 17.7 Å². The number of likely N-dealkylation sites (tertiary alicyclic amines) is 1. The topological polar surface area (TPSA) is 37.4 Å². The van der Waals surface area contributed by atoms with Crippen LogP contribution in [0, 0.1) is 29.1 Å². The lowest BCUT2D eigenvalue weighted by molar-refractivity contribution is -0.143. The van der Waals surface area contributed by atoms with Crippen molar-refractivity contribution < 1.29 is 9.59 Å². The fourth-order valence-electron chi connectivity index (χ4n) is 4.61. The second-order valence-electron chi connectivity index (χ2n) is 6.36. The molecule has 3 nitrogen and oxygen atoms in total. The number of fused-ring (bicyclic) bond motifs is 3. The van der Waals surface area contributed by atoms with Crippen LogP contribution in [-0.4, -0.2) is 22.8 Å². The van der Waals surface area contributed by atoms with Crippen molar-refractivity contribution >= 4 is 11.8 Å². The molecule has 0 aromatic carbocycles. The van der Waals surface area contributed by atoms with Crippen LogP contribution in [0.25, 0.3) is 0 Å². The summed E-state index contributed by atoms with van der Waals surface area (Å²) in [4.78, 5) is 26.3. The molecule has 2 amide bonds. The van der Waals surface area contributed by atoms with Crippen molar-refractivity contribution in [2.45, 2.75) is 32.7 Å². The van der Waals surface area contributed by atoms with Crippen LogP contribution in [0.2, 0.25) is 0 Å². The Bertz CT molecular complexity index is 427. The summed E-state index contributed by atoms with van der Waals surface area (Å²) < 4.78 is 0. The minimum Gasteiger partial charge on any atom is -0.280 e. The van der Waals surface area contributed by atoms with E-state index in [9.17, 15) is 9.59 Å². The Labute approximate surface area is 101 Å². The first-order valence-electron chi connectivity index (χ1n) is 6.63. The van der Waals surface area contributed by atoms with Crippen LogP contribution >= 0.6 is 0 Å². The number of nitrogens with zero attached hydrogens (tertiary/aromatic N) is 1. The number of carbonyl (C=O) groups excluding carboxylic acids is 2. The van der Waals surface area contributed by atoms with E-state index in [0.29, 0.717) is 17.3 Å². The van der Waals surface area contributed by atoms with Gasteiger partial charge in [-0.1, -0.05) is 12.2 Å². The summed E-state index contributed by atoms with van der Waals surface area (Å²) in [6, 6.07) is 0.00940. The summed E-state index contributed by atoms with van der Waals surface area (Å²) in [5, 5.41) is 0. The van der Waals surface area contributed by atoms with Crippen LogP contribution in [0.4, 0.5) is 0 Å². The highest BCUT2D eigenvalue weighted by Crippen LogP contribution is 2.73. The number of hydrogen-bond acceptors (Lipinski definition) is 2. The van der Waals surface area contributed by atoms with Crippen LogP contribution in [0.1, 0.15) is 26.7 Å². The van der Waals surface area contributed by atoms with Crippen molar-refractivity contribution in [1.29, 1.82) is 0 Å². The molecule has 90 valence electrons. The minimum absolute atomic E-state index is 0.00940. The van der Waals surface area contributed by atoms with Gasteiger partial charge in [0.25, 0.3) is 0 Å². The molecule has 0 unspecified atom stereocenters. The lowest BCUT2D eigenvalue weighted by atomic mass is 9.85. The second-order valence-corrected chi connectivity index (χ2v) is 6.36. The van der Waals surface area contributed by atoms with Gasteiger partial charge >= 0.3 is 0 Å². The first-order valence-corrected chi connectivity index (χ1v) is 6.63. The van der Waals surface area contributed by atoms with E-state index in [-0.39, 0.29) is 29.7 Å².